The highest BCUT2D eigenvalue weighted by Crippen LogP contribution is 2.44. The van der Waals surface area contributed by atoms with Crippen molar-refractivity contribution in [2.75, 3.05) is 25.2 Å². The first kappa shape index (κ1) is 31.5. The second-order valence-corrected chi connectivity index (χ2v) is 10.8. The molecule has 0 aliphatic carbocycles. The zero-order valence-electron chi connectivity index (χ0n) is 26.6. The van der Waals surface area contributed by atoms with E-state index < -0.39 is 17.4 Å². The molecule has 0 saturated heterocycles. The van der Waals surface area contributed by atoms with Gasteiger partial charge in [0.25, 0.3) is 11.5 Å². The first-order valence-electron chi connectivity index (χ1n) is 15.1. The number of fused-ring (bicyclic) bond motifs is 2. The molecule has 0 saturated carbocycles. The van der Waals surface area contributed by atoms with Gasteiger partial charge in [-0.2, -0.15) is 15.5 Å². The predicted molar refractivity (Wildman–Crippen MR) is 181 cm³/mol. The number of carboxylic acids is 1. The highest BCUT2D eigenvalue weighted by Gasteiger charge is 2.27. The summed E-state index contributed by atoms with van der Waals surface area (Å²) in [6.45, 7) is 4.24. The fourth-order valence-corrected chi connectivity index (χ4v) is 5.95. The number of aromatic carboxylic acids is 1. The summed E-state index contributed by atoms with van der Waals surface area (Å²) in [6, 6.07) is 21.1. The van der Waals surface area contributed by atoms with Gasteiger partial charge in [-0.1, -0.05) is 36.4 Å². The number of carbonyl (C=O) groups is 2. The van der Waals surface area contributed by atoms with Crippen LogP contribution >= 0.6 is 0 Å². The number of aromatic nitrogens is 4. The van der Waals surface area contributed by atoms with E-state index in [1.807, 2.05) is 37.3 Å². The molecule has 0 aliphatic heterocycles. The highest BCUT2D eigenvalue weighted by atomic mass is 16.5. The maximum atomic E-state index is 13.7. The number of carbonyl (C=O) groups excluding carboxylic acids is 1. The zero-order chi connectivity index (χ0) is 34.1. The Kier molecular flexibility index (Phi) is 8.35. The first-order chi connectivity index (χ1) is 23.2. The molecule has 240 valence electrons. The van der Waals surface area contributed by atoms with Gasteiger partial charge in [0, 0.05) is 30.4 Å². The van der Waals surface area contributed by atoms with Crippen LogP contribution in [0.5, 0.6) is 11.5 Å². The molecule has 12 heteroatoms. The first-order valence-corrected chi connectivity index (χ1v) is 15.1. The Morgan fingerprint density at radius 1 is 0.979 bits per heavy atom. The molecule has 48 heavy (non-hydrogen) atoms. The molecule has 1 amide bonds. The number of benzene rings is 4. The fraction of sp³-hybridized carbons (Fsp3) is 0.167. The van der Waals surface area contributed by atoms with Gasteiger partial charge in [-0.05, 0) is 55.1 Å². The van der Waals surface area contributed by atoms with Crippen molar-refractivity contribution in [1.82, 2.24) is 20.0 Å². The van der Waals surface area contributed by atoms with E-state index >= 15 is 0 Å². The Balaban J connectivity index is 1.62. The van der Waals surface area contributed by atoms with E-state index in [1.165, 1.54) is 30.1 Å². The van der Waals surface area contributed by atoms with Gasteiger partial charge in [-0.15, -0.1) is 0 Å². The fourth-order valence-electron chi connectivity index (χ4n) is 5.95. The maximum Gasteiger partial charge on any atom is 0.336 e. The number of amides is 1. The Morgan fingerprint density at radius 3 is 2.38 bits per heavy atom. The molecule has 4 aromatic carbocycles. The van der Waals surface area contributed by atoms with Gasteiger partial charge in [-0.3, -0.25) is 19.2 Å². The number of hydrogen-bond acceptors (Lipinski definition) is 8. The molecular formula is C36H30N6O6. The Morgan fingerprint density at radius 2 is 1.67 bits per heavy atom. The molecule has 0 bridgehead atoms. The van der Waals surface area contributed by atoms with Crippen LogP contribution in [0.15, 0.2) is 77.7 Å². The number of carboxylic acid groups (broad SMARTS) is 1. The molecule has 0 spiro atoms. The van der Waals surface area contributed by atoms with Crippen LogP contribution in [0.3, 0.4) is 0 Å². The molecule has 0 radical (unpaired) electrons. The van der Waals surface area contributed by atoms with Crippen LogP contribution in [0.4, 0.5) is 5.82 Å². The minimum atomic E-state index is -1.26. The lowest BCUT2D eigenvalue weighted by Crippen LogP contribution is -2.30. The van der Waals surface area contributed by atoms with E-state index in [0.29, 0.717) is 40.3 Å². The van der Waals surface area contributed by atoms with Crippen LogP contribution in [-0.2, 0) is 7.05 Å². The second-order valence-electron chi connectivity index (χ2n) is 10.8. The molecule has 2 aromatic heterocycles. The summed E-state index contributed by atoms with van der Waals surface area (Å²) in [5.74, 6) is -1.09. The molecule has 0 atom stereocenters. The molecule has 6 rings (SSSR count). The molecule has 12 nitrogen and oxygen atoms in total. The third-order valence-electron chi connectivity index (χ3n) is 8.05. The summed E-state index contributed by atoms with van der Waals surface area (Å²) in [7, 11) is 3.21. The normalized spacial score (nSPS) is 11.0. The van der Waals surface area contributed by atoms with Crippen LogP contribution in [-0.4, -0.2) is 57.2 Å². The molecule has 2 heterocycles. The van der Waals surface area contributed by atoms with Crippen molar-refractivity contribution in [1.29, 1.82) is 5.26 Å². The largest absolute Gasteiger partial charge is 0.493 e. The predicted octanol–water partition coefficient (Wildman–Crippen LogP) is 5.79. The lowest BCUT2D eigenvalue weighted by molar-refractivity contribution is 0.0692. The zero-order valence-corrected chi connectivity index (χ0v) is 26.6. The molecule has 6 aromatic rings. The number of aryl methyl sites for hydroxylation is 1. The lowest BCUT2D eigenvalue weighted by Gasteiger charge is -2.20. The number of ether oxygens (including phenoxy) is 2. The molecule has 2 N–H and O–H groups in total. The SMILES string of the molecule is CCOc1cc2ccccc2c(C#N)c1-c1c(-c2cc(OCC)c3c(=O)[nH]nc(N(C)C(=O)c4ccccc4C(=O)O)c3c2)cnn1C. The minimum Gasteiger partial charge on any atom is -0.493 e. The van der Waals surface area contributed by atoms with Gasteiger partial charge >= 0.3 is 5.97 Å². The summed E-state index contributed by atoms with van der Waals surface area (Å²) < 4.78 is 13.7. The van der Waals surface area contributed by atoms with Gasteiger partial charge in [0.15, 0.2) is 5.82 Å². The third-order valence-corrected chi connectivity index (χ3v) is 8.05. The highest BCUT2D eigenvalue weighted by molar-refractivity contribution is 6.14. The topological polar surface area (TPSA) is 163 Å². The van der Waals surface area contributed by atoms with Gasteiger partial charge in [0.2, 0.25) is 0 Å². The summed E-state index contributed by atoms with van der Waals surface area (Å²) in [5.41, 5.74) is 1.95. The van der Waals surface area contributed by atoms with Crippen molar-refractivity contribution in [2.45, 2.75) is 13.8 Å². The smallest absolute Gasteiger partial charge is 0.336 e. The molecular weight excluding hydrogens is 612 g/mol. The number of nitrogens with one attached hydrogen (secondary N) is 1. The summed E-state index contributed by atoms with van der Waals surface area (Å²) >= 11 is 0. The minimum absolute atomic E-state index is 0.0480. The van der Waals surface area contributed by atoms with Crippen LogP contribution in [0.2, 0.25) is 0 Å². The van der Waals surface area contributed by atoms with E-state index in [0.717, 1.165) is 10.8 Å². The van der Waals surface area contributed by atoms with E-state index in [9.17, 15) is 24.8 Å². The molecule has 0 fully saturated rings. The molecule has 0 aliphatic rings. The number of nitrogens with zero attached hydrogens (tertiary/aromatic N) is 5. The van der Waals surface area contributed by atoms with Crippen LogP contribution < -0.4 is 19.9 Å². The molecule has 0 unspecified atom stereocenters. The van der Waals surface area contributed by atoms with Gasteiger partial charge in [0.05, 0.1) is 52.7 Å². The summed E-state index contributed by atoms with van der Waals surface area (Å²) in [6.07, 6.45) is 1.65. The second kappa shape index (κ2) is 12.7. The van der Waals surface area contributed by atoms with E-state index in [4.69, 9.17) is 9.47 Å². The van der Waals surface area contributed by atoms with Gasteiger partial charge in [0.1, 0.15) is 17.6 Å². The van der Waals surface area contributed by atoms with Crippen molar-refractivity contribution < 1.29 is 24.2 Å². The third kappa shape index (κ3) is 5.27. The standard InChI is InChI=1S/C36H30N6O6/c1-5-47-28-16-20-11-7-8-12-22(20)26(18-37)30(28)32-27(19-38-42(32)4)21-15-25-31(29(17-21)48-6-2)34(43)40-39-33(25)41(3)35(44)23-13-9-10-14-24(23)36(45)46/h7-17,19H,5-6H2,1-4H3,(H,40,43)(H,45,46). The number of rotatable bonds is 9. The van der Waals surface area contributed by atoms with Crippen LogP contribution in [0.25, 0.3) is 43.9 Å². The van der Waals surface area contributed by atoms with Crippen molar-refractivity contribution in [3.8, 4) is 40.0 Å². The average molecular weight is 643 g/mol. The van der Waals surface area contributed by atoms with Crippen LogP contribution in [0.1, 0.15) is 40.1 Å². The quantitative estimate of drug-likeness (QED) is 0.199. The number of hydrogen-bond donors (Lipinski definition) is 2. The van der Waals surface area contributed by atoms with Crippen LogP contribution in [0, 0.1) is 11.3 Å². The lowest BCUT2D eigenvalue weighted by atomic mass is 9.92. The number of nitriles is 1. The summed E-state index contributed by atoms with van der Waals surface area (Å²) in [4.78, 5) is 40.1. The van der Waals surface area contributed by atoms with E-state index in [1.54, 1.807) is 43.0 Å². The average Bonchev–Trinajstić information content (AvgIpc) is 3.47. The van der Waals surface area contributed by atoms with Crippen molar-refractivity contribution >= 4 is 39.2 Å². The van der Waals surface area contributed by atoms with Gasteiger partial charge in [-0.25, -0.2) is 9.89 Å². The number of anilines is 1. The Labute approximate surface area is 274 Å². The monoisotopic (exact) mass is 642 g/mol. The summed E-state index contributed by atoms with van der Waals surface area (Å²) in [5, 5.41) is 33.5. The number of H-pyrrole nitrogens is 1. The Hall–Kier alpha value is -6.48. The van der Waals surface area contributed by atoms with Crippen molar-refractivity contribution in [2.24, 2.45) is 7.05 Å². The van der Waals surface area contributed by atoms with Gasteiger partial charge < -0.3 is 14.6 Å². The maximum absolute atomic E-state index is 13.7. The van der Waals surface area contributed by atoms with E-state index in [2.05, 4.69) is 21.4 Å². The van der Waals surface area contributed by atoms with Crippen molar-refractivity contribution in [3.63, 3.8) is 0 Å². The number of aromatic amines is 1. The van der Waals surface area contributed by atoms with E-state index in [-0.39, 0.29) is 40.1 Å². The Bertz CT molecular complexity index is 2350. The van der Waals surface area contributed by atoms with Crippen molar-refractivity contribution in [3.05, 3.63) is 100.0 Å².